The van der Waals surface area contributed by atoms with Crippen molar-refractivity contribution in [1.82, 2.24) is 5.32 Å². The van der Waals surface area contributed by atoms with E-state index < -0.39 is 6.10 Å². The quantitative estimate of drug-likeness (QED) is 0.678. The van der Waals surface area contributed by atoms with Crippen LogP contribution in [0.1, 0.15) is 37.8 Å². The van der Waals surface area contributed by atoms with Gasteiger partial charge >= 0.3 is 0 Å². The SMILES string of the molecule is CC(Oc1ccccc1C(C)C)C(=O)NCc1ccc2ccccc2c1. The zero-order valence-electron chi connectivity index (χ0n) is 15.5. The van der Waals surface area contributed by atoms with Crippen molar-refractivity contribution in [1.29, 1.82) is 0 Å². The van der Waals surface area contributed by atoms with E-state index in [1.54, 1.807) is 6.92 Å². The lowest BCUT2D eigenvalue weighted by atomic mass is 10.0. The minimum Gasteiger partial charge on any atom is -0.481 e. The standard InChI is InChI=1S/C23H25NO2/c1-16(2)21-10-6-7-11-22(21)26-17(3)23(25)24-15-18-12-13-19-8-4-5-9-20(19)14-18/h4-14,16-17H,15H2,1-3H3,(H,24,25). The highest BCUT2D eigenvalue weighted by Gasteiger charge is 2.17. The lowest BCUT2D eigenvalue weighted by Crippen LogP contribution is -2.36. The van der Waals surface area contributed by atoms with Crippen molar-refractivity contribution in [3.63, 3.8) is 0 Å². The van der Waals surface area contributed by atoms with Crippen LogP contribution in [0.25, 0.3) is 10.8 Å². The predicted molar refractivity (Wildman–Crippen MR) is 106 cm³/mol. The van der Waals surface area contributed by atoms with Crippen molar-refractivity contribution in [3.8, 4) is 5.75 Å². The molecule has 3 aromatic rings. The van der Waals surface area contributed by atoms with Gasteiger partial charge in [-0.25, -0.2) is 0 Å². The monoisotopic (exact) mass is 347 g/mol. The van der Waals surface area contributed by atoms with Crippen molar-refractivity contribution in [2.75, 3.05) is 0 Å². The van der Waals surface area contributed by atoms with Crippen molar-refractivity contribution in [2.24, 2.45) is 0 Å². The fraction of sp³-hybridized carbons (Fsp3) is 0.261. The average molecular weight is 347 g/mol. The molecule has 26 heavy (non-hydrogen) atoms. The van der Waals surface area contributed by atoms with Crippen molar-refractivity contribution in [2.45, 2.75) is 39.3 Å². The first kappa shape index (κ1) is 18.0. The molecule has 0 aliphatic carbocycles. The summed E-state index contributed by atoms with van der Waals surface area (Å²) in [5, 5.41) is 5.34. The van der Waals surface area contributed by atoms with Gasteiger partial charge in [0.25, 0.3) is 5.91 Å². The number of fused-ring (bicyclic) bond motifs is 1. The maximum atomic E-state index is 12.4. The number of rotatable bonds is 6. The number of ether oxygens (including phenoxy) is 1. The van der Waals surface area contributed by atoms with Crippen LogP contribution in [0, 0.1) is 0 Å². The number of amides is 1. The topological polar surface area (TPSA) is 38.3 Å². The van der Waals surface area contributed by atoms with E-state index in [0.29, 0.717) is 12.5 Å². The first-order valence-electron chi connectivity index (χ1n) is 9.05. The Morgan fingerprint density at radius 3 is 2.38 bits per heavy atom. The first-order valence-corrected chi connectivity index (χ1v) is 9.05. The van der Waals surface area contributed by atoms with Crippen LogP contribution >= 0.6 is 0 Å². The number of hydrogen-bond acceptors (Lipinski definition) is 2. The summed E-state index contributed by atoms with van der Waals surface area (Å²) in [7, 11) is 0. The molecule has 1 amide bonds. The molecule has 0 heterocycles. The van der Waals surface area contributed by atoms with Crippen LogP contribution in [0.3, 0.4) is 0 Å². The smallest absolute Gasteiger partial charge is 0.261 e. The van der Waals surface area contributed by atoms with Crippen LogP contribution in [0.4, 0.5) is 0 Å². The van der Waals surface area contributed by atoms with Gasteiger partial charge in [-0.15, -0.1) is 0 Å². The lowest BCUT2D eigenvalue weighted by Gasteiger charge is -2.18. The molecule has 0 saturated heterocycles. The second kappa shape index (κ2) is 8.05. The fourth-order valence-corrected chi connectivity index (χ4v) is 2.99. The van der Waals surface area contributed by atoms with Crippen LogP contribution in [0.5, 0.6) is 5.75 Å². The van der Waals surface area contributed by atoms with E-state index >= 15 is 0 Å². The van der Waals surface area contributed by atoms with Gasteiger partial charge in [-0.1, -0.05) is 68.4 Å². The second-order valence-corrected chi connectivity index (χ2v) is 6.85. The molecule has 134 valence electrons. The molecular formula is C23H25NO2. The third kappa shape index (κ3) is 4.23. The molecule has 1 atom stereocenters. The Balaban J connectivity index is 1.62. The minimum atomic E-state index is -0.546. The van der Waals surface area contributed by atoms with Crippen LogP contribution in [-0.4, -0.2) is 12.0 Å². The zero-order valence-corrected chi connectivity index (χ0v) is 15.5. The van der Waals surface area contributed by atoms with E-state index in [1.165, 1.54) is 10.8 Å². The normalized spacial score (nSPS) is 12.2. The fourth-order valence-electron chi connectivity index (χ4n) is 2.99. The summed E-state index contributed by atoms with van der Waals surface area (Å²) < 4.78 is 5.92. The zero-order chi connectivity index (χ0) is 18.5. The molecule has 0 spiro atoms. The molecule has 1 N–H and O–H groups in total. The summed E-state index contributed by atoms with van der Waals surface area (Å²) in [4.78, 5) is 12.4. The summed E-state index contributed by atoms with van der Waals surface area (Å²) in [5.41, 5.74) is 2.19. The molecule has 0 bridgehead atoms. The predicted octanol–water partition coefficient (Wildman–Crippen LogP) is 5.05. The third-order valence-corrected chi connectivity index (χ3v) is 4.49. The summed E-state index contributed by atoms with van der Waals surface area (Å²) in [5.74, 6) is 1.01. The summed E-state index contributed by atoms with van der Waals surface area (Å²) >= 11 is 0. The number of nitrogens with one attached hydrogen (secondary N) is 1. The van der Waals surface area contributed by atoms with Gasteiger partial charge in [-0.2, -0.15) is 0 Å². The van der Waals surface area contributed by atoms with E-state index in [-0.39, 0.29) is 5.91 Å². The molecule has 3 aromatic carbocycles. The maximum Gasteiger partial charge on any atom is 0.261 e. The van der Waals surface area contributed by atoms with E-state index in [9.17, 15) is 4.79 Å². The van der Waals surface area contributed by atoms with Gasteiger partial charge in [-0.05, 0) is 46.9 Å². The highest BCUT2D eigenvalue weighted by molar-refractivity contribution is 5.83. The lowest BCUT2D eigenvalue weighted by molar-refractivity contribution is -0.127. The van der Waals surface area contributed by atoms with Crippen molar-refractivity contribution < 1.29 is 9.53 Å². The van der Waals surface area contributed by atoms with Gasteiger partial charge in [0.1, 0.15) is 5.75 Å². The Morgan fingerprint density at radius 1 is 0.923 bits per heavy atom. The van der Waals surface area contributed by atoms with Gasteiger partial charge in [0, 0.05) is 6.54 Å². The third-order valence-electron chi connectivity index (χ3n) is 4.49. The highest BCUT2D eigenvalue weighted by atomic mass is 16.5. The molecule has 0 saturated carbocycles. The van der Waals surface area contributed by atoms with Crippen LogP contribution in [-0.2, 0) is 11.3 Å². The number of carbonyl (C=O) groups excluding carboxylic acids is 1. The van der Waals surface area contributed by atoms with Gasteiger partial charge < -0.3 is 10.1 Å². The molecule has 1 unspecified atom stereocenters. The van der Waals surface area contributed by atoms with Crippen molar-refractivity contribution >= 4 is 16.7 Å². The van der Waals surface area contributed by atoms with E-state index in [1.807, 2.05) is 42.5 Å². The molecular weight excluding hydrogens is 322 g/mol. The Hall–Kier alpha value is -2.81. The summed E-state index contributed by atoms with van der Waals surface area (Å²) in [6.45, 7) is 6.51. The molecule has 0 fully saturated rings. The van der Waals surface area contributed by atoms with Crippen LogP contribution in [0.15, 0.2) is 66.7 Å². The molecule has 3 nitrogen and oxygen atoms in total. The Bertz CT molecular complexity index is 901. The van der Waals surface area contributed by atoms with E-state index in [4.69, 9.17) is 4.74 Å². The van der Waals surface area contributed by atoms with Crippen molar-refractivity contribution in [3.05, 3.63) is 77.9 Å². The van der Waals surface area contributed by atoms with Gasteiger partial charge in [0.2, 0.25) is 0 Å². The van der Waals surface area contributed by atoms with Gasteiger partial charge in [-0.3, -0.25) is 4.79 Å². The molecule has 0 aliphatic rings. The number of carbonyl (C=O) groups is 1. The largest absolute Gasteiger partial charge is 0.481 e. The Labute approximate surface area is 155 Å². The molecule has 3 rings (SSSR count). The van der Waals surface area contributed by atoms with Gasteiger partial charge in [0.05, 0.1) is 0 Å². The molecule has 3 heteroatoms. The number of hydrogen-bond donors (Lipinski definition) is 1. The van der Waals surface area contributed by atoms with E-state index in [2.05, 4.69) is 43.4 Å². The number of benzene rings is 3. The first-order chi connectivity index (χ1) is 12.5. The van der Waals surface area contributed by atoms with Crippen LogP contribution < -0.4 is 10.1 Å². The Kier molecular flexibility index (Phi) is 5.57. The minimum absolute atomic E-state index is 0.114. The maximum absolute atomic E-state index is 12.4. The molecule has 0 aliphatic heterocycles. The average Bonchev–Trinajstić information content (AvgIpc) is 2.66. The second-order valence-electron chi connectivity index (χ2n) is 6.85. The van der Waals surface area contributed by atoms with Crippen LogP contribution in [0.2, 0.25) is 0 Å². The summed E-state index contributed by atoms with van der Waals surface area (Å²) in [6, 6.07) is 22.3. The Morgan fingerprint density at radius 2 is 1.62 bits per heavy atom. The van der Waals surface area contributed by atoms with Gasteiger partial charge in [0.15, 0.2) is 6.10 Å². The highest BCUT2D eigenvalue weighted by Crippen LogP contribution is 2.26. The number of para-hydroxylation sites is 1. The molecule has 0 radical (unpaired) electrons. The summed E-state index contributed by atoms with van der Waals surface area (Å²) in [6.07, 6.45) is -0.546. The van der Waals surface area contributed by atoms with E-state index in [0.717, 1.165) is 16.9 Å². The molecule has 0 aromatic heterocycles.